The summed E-state index contributed by atoms with van der Waals surface area (Å²) in [6, 6.07) is 2.10. The molecule has 0 spiro atoms. The highest BCUT2D eigenvalue weighted by Crippen LogP contribution is 2.31. The largest absolute Gasteiger partial charge is 0.317 e. The van der Waals surface area contributed by atoms with Crippen LogP contribution in [0.4, 0.5) is 0 Å². The molecule has 1 unspecified atom stereocenters. The van der Waals surface area contributed by atoms with E-state index in [9.17, 15) is 13.2 Å². The van der Waals surface area contributed by atoms with Gasteiger partial charge in [-0.25, -0.2) is 8.42 Å². The summed E-state index contributed by atoms with van der Waals surface area (Å²) >= 11 is 5.14. The molecule has 1 aliphatic heterocycles. The van der Waals surface area contributed by atoms with Gasteiger partial charge in [-0.05, 0) is 28.9 Å². The van der Waals surface area contributed by atoms with E-state index in [2.05, 4.69) is 20.8 Å². The average molecular weight is 434 g/mol. The van der Waals surface area contributed by atoms with E-state index in [-0.39, 0.29) is 11.6 Å². The highest BCUT2D eigenvalue weighted by molar-refractivity contribution is 9.10. The summed E-state index contributed by atoms with van der Waals surface area (Å²) in [7, 11) is -1.39. The fourth-order valence-electron chi connectivity index (χ4n) is 3.03. The highest BCUT2D eigenvalue weighted by Gasteiger charge is 2.29. The molecule has 0 amide bonds. The SMILES string of the molecule is CC1CN(S(C)(=O)=O)CCN1Cc1cc2c(=O)n(C)cc(Br)c2s1. The summed E-state index contributed by atoms with van der Waals surface area (Å²) < 4.78 is 28.4. The Balaban J connectivity index is 1.82. The molecule has 1 fully saturated rings. The van der Waals surface area contributed by atoms with Gasteiger partial charge in [0.05, 0.1) is 20.8 Å². The molecule has 2 aromatic heterocycles. The number of nitrogens with zero attached hydrogens (tertiary/aromatic N) is 3. The zero-order valence-electron chi connectivity index (χ0n) is 13.8. The fourth-order valence-corrected chi connectivity index (χ4v) is 5.77. The van der Waals surface area contributed by atoms with Crippen LogP contribution in [0.3, 0.4) is 0 Å². The molecule has 3 rings (SSSR count). The van der Waals surface area contributed by atoms with E-state index in [0.717, 1.165) is 26.0 Å². The lowest BCUT2D eigenvalue weighted by atomic mass is 10.2. The van der Waals surface area contributed by atoms with Gasteiger partial charge in [0.25, 0.3) is 5.56 Å². The molecule has 9 heteroatoms. The minimum atomic E-state index is -3.13. The van der Waals surface area contributed by atoms with Gasteiger partial charge in [-0.15, -0.1) is 11.3 Å². The number of fused-ring (bicyclic) bond motifs is 1. The van der Waals surface area contributed by atoms with E-state index in [1.54, 1.807) is 29.1 Å². The van der Waals surface area contributed by atoms with Crippen molar-refractivity contribution in [1.82, 2.24) is 13.8 Å². The first-order valence-electron chi connectivity index (χ1n) is 7.63. The van der Waals surface area contributed by atoms with Gasteiger partial charge in [-0.3, -0.25) is 9.69 Å². The third kappa shape index (κ3) is 3.45. The second kappa shape index (κ2) is 6.53. The Morgan fingerprint density at radius 1 is 1.38 bits per heavy atom. The molecule has 6 nitrogen and oxygen atoms in total. The quantitative estimate of drug-likeness (QED) is 0.740. The first-order valence-corrected chi connectivity index (χ1v) is 11.1. The molecular weight excluding hydrogens is 414 g/mol. The molecular formula is C15H20BrN3O3S2. The Morgan fingerprint density at radius 2 is 2.08 bits per heavy atom. The van der Waals surface area contributed by atoms with Gasteiger partial charge < -0.3 is 4.57 Å². The Labute approximate surface area is 153 Å². The number of aryl methyl sites for hydroxylation is 1. The van der Waals surface area contributed by atoms with Gasteiger partial charge in [0.1, 0.15) is 0 Å². The van der Waals surface area contributed by atoms with Crippen molar-refractivity contribution in [1.29, 1.82) is 0 Å². The highest BCUT2D eigenvalue weighted by atomic mass is 79.9. The summed E-state index contributed by atoms with van der Waals surface area (Å²) in [5, 5.41) is 0.731. The Hall–Kier alpha value is -0.740. The fraction of sp³-hybridized carbons (Fsp3) is 0.533. The lowest BCUT2D eigenvalue weighted by molar-refractivity contribution is 0.123. The summed E-state index contributed by atoms with van der Waals surface area (Å²) in [6.45, 7) is 4.49. The standard InChI is InChI=1S/C15H20BrN3O3S2/c1-10-7-19(24(3,21)22)5-4-18(10)8-11-6-12-14(23-11)13(16)9-17(2)15(12)20/h6,9-10H,4-5,7-8H2,1-3H3. The molecule has 24 heavy (non-hydrogen) atoms. The van der Waals surface area contributed by atoms with Crippen LogP contribution in [0.1, 0.15) is 11.8 Å². The van der Waals surface area contributed by atoms with Crippen LogP contribution in [-0.2, 0) is 23.6 Å². The Kier molecular flexibility index (Phi) is 4.91. The maximum Gasteiger partial charge on any atom is 0.259 e. The molecule has 1 aliphatic rings. The Bertz CT molecular complexity index is 935. The number of halogens is 1. The zero-order chi connectivity index (χ0) is 17.6. The van der Waals surface area contributed by atoms with E-state index >= 15 is 0 Å². The van der Waals surface area contributed by atoms with E-state index in [1.807, 2.05) is 13.0 Å². The third-order valence-corrected chi connectivity index (χ3v) is 7.70. The summed E-state index contributed by atoms with van der Waals surface area (Å²) in [5.74, 6) is 0. The number of hydrogen-bond donors (Lipinski definition) is 0. The maximum atomic E-state index is 12.3. The van der Waals surface area contributed by atoms with Gasteiger partial charge in [0.15, 0.2) is 0 Å². The van der Waals surface area contributed by atoms with Crippen molar-refractivity contribution in [2.75, 3.05) is 25.9 Å². The monoisotopic (exact) mass is 433 g/mol. The van der Waals surface area contributed by atoms with Crippen LogP contribution in [0, 0.1) is 0 Å². The maximum absolute atomic E-state index is 12.3. The molecule has 1 atom stereocenters. The molecule has 0 aliphatic carbocycles. The van der Waals surface area contributed by atoms with E-state index in [0.29, 0.717) is 19.6 Å². The minimum absolute atomic E-state index is 0.00523. The number of piperazine rings is 1. The molecule has 132 valence electrons. The molecule has 3 heterocycles. The van der Waals surface area contributed by atoms with Crippen LogP contribution in [0.2, 0.25) is 0 Å². The van der Waals surface area contributed by atoms with Crippen molar-refractivity contribution < 1.29 is 8.42 Å². The lowest BCUT2D eigenvalue weighted by Crippen LogP contribution is -2.52. The molecule has 2 aromatic rings. The first kappa shape index (κ1) is 18.1. The van der Waals surface area contributed by atoms with E-state index < -0.39 is 10.0 Å². The van der Waals surface area contributed by atoms with E-state index in [4.69, 9.17) is 0 Å². The number of pyridine rings is 1. The van der Waals surface area contributed by atoms with Gasteiger partial charge in [0.2, 0.25) is 10.0 Å². The molecule has 0 aromatic carbocycles. The number of aromatic nitrogens is 1. The first-order chi connectivity index (χ1) is 11.2. The molecule has 0 radical (unpaired) electrons. The van der Waals surface area contributed by atoms with E-state index in [1.165, 1.54) is 10.6 Å². The smallest absolute Gasteiger partial charge is 0.259 e. The Morgan fingerprint density at radius 3 is 2.71 bits per heavy atom. The average Bonchev–Trinajstić information content (AvgIpc) is 2.90. The summed E-state index contributed by atoms with van der Waals surface area (Å²) in [5.41, 5.74) is 0.00523. The van der Waals surface area contributed by atoms with Crippen LogP contribution < -0.4 is 5.56 Å². The van der Waals surface area contributed by atoms with Crippen molar-refractivity contribution in [2.45, 2.75) is 19.5 Å². The second-order valence-electron chi connectivity index (χ2n) is 6.29. The van der Waals surface area contributed by atoms with Crippen molar-refractivity contribution in [3.05, 3.63) is 32.0 Å². The van der Waals surface area contributed by atoms with Gasteiger partial charge in [0, 0.05) is 50.3 Å². The van der Waals surface area contributed by atoms with Crippen LogP contribution in [-0.4, -0.2) is 54.1 Å². The normalized spacial score (nSPS) is 20.8. The van der Waals surface area contributed by atoms with Crippen LogP contribution in [0.25, 0.3) is 10.1 Å². The van der Waals surface area contributed by atoms with Gasteiger partial charge in [-0.1, -0.05) is 0 Å². The predicted molar refractivity (Wildman–Crippen MR) is 101 cm³/mol. The van der Waals surface area contributed by atoms with Crippen LogP contribution in [0.5, 0.6) is 0 Å². The topological polar surface area (TPSA) is 62.6 Å². The molecule has 1 saturated heterocycles. The summed E-state index contributed by atoms with van der Waals surface area (Å²) in [4.78, 5) is 15.7. The van der Waals surface area contributed by atoms with Crippen LogP contribution in [0.15, 0.2) is 21.5 Å². The van der Waals surface area contributed by atoms with Crippen LogP contribution >= 0.6 is 27.3 Å². The molecule has 0 N–H and O–H groups in total. The zero-order valence-corrected chi connectivity index (χ0v) is 17.0. The number of rotatable bonds is 3. The minimum Gasteiger partial charge on any atom is -0.317 e. The van der Waals surface area contributed by atoms with Crippen molar-refractivity contribution in [2.24, 2.45) is 7.05 Å². The molecule has 0 saturated carbocycles. The third-order valence-electron chi connectivity index (χ3n) is 4.41. The van der Waals surface area contributed by atoms with Crippen molar-refractivity contribution >= 4 is 47.4 Å². The number of hydrogen-bond acceptors (Lipinski definition) is 5. The summed E-state index contributed by atoms with van der Waals surface area (Å²) in [6.07, 6.45) is 3.05. The molecule has 0 bridgehead atoms. The number of thiophene rings is 1. The van der Waals surface area contributed by atoms with Gasteiger partial charge in [-0.2, -0.15) is 4.31 Å². The van der Waals surface area contributed by atoms with Crippen molar-refractivity contribution in [3.8, 4) is 0 Å². The van der Waals surface area contributed by atoms with Crippen molar-refractivity contribution in [3.63, 3.8) is 0 Å². The predicted octanol–water partition coefficient (Wildman–Crippen LogP) is 1.83. The lowest BCUT2D eigenvalue weighted by Gasteiger charge is -2.38. The second-order valence-corrected chi connectivity index (χ2v) is 10.3. The van der Waals surface area contributed by atoms with Gasteiger partial charge >= 0.3 is 0 Å². The number of sulfonamides is 1.